The molecule has 1 aromatic heterocycles. The monoisotopic (exact) mass is 237 g/mol. The van der Waals surface area contributed by atoms with Crippen LogP contribution in [0.1, 0.15) is 19.7 Å². The Balaban J connectivity index is 2.52. The van der Waals surface area contributed by atoms with Crippen molar-refractivity contribution in [3.8, 4) is 0 Å². The average Bonchev–Trinajstić information content (AvgIpc) is 2.42. The molecule has 86 valence electrons. The van der Waals surface area contributed by atoms with Crippen LogP contribution in [0.5, 0.6) is 0 Å². The van der Waals surface area contributed by atoms with Crippen LogP contribution >= 0.6 is 11.6 Å². The van der Waals surface area contributed by atoms with Gasteiger partial charge in [0.1, 0.15) is 5.82 Å². The smallest absolute Gasteiger partial charge is 0.111 e. The van der Waals surface area contributed by atoms with Gasteiger partial charge in [-0.05, 0) is 32.0 Å². The summed E-state index contributed by atoms with van der Waals surface area (Å²) in [5.74, 6) is 0.991. The molecule has 0 spiro atoms. The number of hydrogen-bond acceptors (Lipinski definition) is 2. The van der Waals surface area contributed by atoms with E-state index in [0.29, 0.717) is 0 Å². The van der Waals surface area contributed by atoms with E-state index in [4.69, 9.17) is 17.3 Å². The third-order valence-corrected chi connectivity index (χ3v) is 2.78. The van der Waals surface area contributed by atoms with Gasteiger partial charge in [-0.3, -0.25) is 0 Å². The largest absolute Gasteiger partial charge is 0.331 e. The number of aryl methyl sites for hydroxylation is 1. The zero-order valence-electron chi connectivity index (χ0n) is 9.79. The Hall–Kier alpha value is -1.06. The van der Waals surface area contributed by atoms with Crippen molar-refractivity contribution in [1.82, 2.24) is 9.55 Å². The normalized spacial score (nSPS) is 12.3. The number of hydrogen-bond donors (Lipinski definition) is 1. The van der Waals surface area contributed by atoms with Gasteiger partial charge in [0.2, 0.25) is 0 Å². The Bertz CT molecular complexity index is 523. The van der Waals surface area contributed by atoms with Gasteiger partial charge < -0.3 is 10.3 Å². The summed E-state index contributed by atoms with van der Waals surface area (Å²) in [5.41, 5.74) is 7.77. The van der Waals surface area contributed by atoms with Crippen LogP contribution in [0, 0.1) is 0 Å². The number of fused-ring (bicyclic) bond motifs is 1. The van der Waals surface area contributed by atoms with Gasteiger partial charge in [0.05, 0.1) is 11.0 Å². The first-order valence-corrected chi connectivity index (χ1v) is 5.64. The number of imidazole rings is 1. The van der Waals surface area contributed by atoms with Crippen LogP contribution in [0.25, 0.3) is 11.0 Å². The molecule has 0 radical (unpaired) electrons. The van der Waals surface area contributed by atoms with Crippen molar-refractivity contribution in [3.05, 3.63) is 29.0 Å². The number of nitrogens with zero attached hydrogens (tertiary/aromatic N) is 2. The maximum atomic E-state index is 6.01. The van der Waals surface area contributed by atoms with Crippen molar-refractivity contribution in [2.75, 3.05) is 0 Å². The Labute approximate surface area is 100 Å². The van der Waals surface area contributed by atoms with E-state index in [1.165, 1.54) is 0 Å². The molecule has 0 amide bonds. The van der Waals surface area contributed by atoms with Crippen molar-refractivity contribution >= 4 is 22.6 Å². The van der Waals surface area contributed by atoms with E-state index < -0.39 is 0 Å². The van der Waals surface area contributed by atoms with Gasteiger partial charge in [-0.1, -0.05) is 11.6 Å². The topological polar surface area (TPSA) is 43.8 Å². The van der Waals surface area contributed by atoms with Crippen LogP contribution in [0.3, 0.4) is 0 Å². The van der Waals surface area contributed by atoms with E-state index >= 15 is 0 Å². The molecule has 2 N–H and O–H groups in total. The molecule has 0 saturated carbocycles. The Morgan fingerprint density at radius 3 is 2.75 bits per heavy atom. The Morgan fingerprint density at radius 2 is 2.12 bits per heavy atom. The van der Waals surface area contributed by atoms with Crippen LogP contribution in [-0.2, 0) is 13.5 Å². The molecule has 4 heteroatoms. The molecule has 0 atom stereocenters. The second-order valence-corrected chi connectivity index (χ2v) is 5.32. The second-order valence-electron chi connectivity index (χ2n) is 4.89. The quantitative estimate of drug-likeness (QED) is 0.872. The van der Waals surface area contributed by atoms with E-state index in [1.807, 2.05) is 39.1 Å². The highest BCUT2D eigenvalue weighted by atomic mass is 35.5. The minimum absolute atomic E-state index is 0.251. The van der Waals surface area contributed by atoms with Gasteiger partial charge in [-0.2, -0.15) is 0 Å². The third kappa shape index (κ3) is 2.20. The predicted octanol–water partition coefficient (Wildman–Crippen LogP) is 2.51. The molecule has 0 fully saturated rings. The van der Waals surface area contributed by atoms with Crippen molar-refractivity contribution in [2.45, 2.75) is 25.8 Å². The summed E-state index contributed by atoms with van der Waals surface area (Å²) >= 11 is 5.97. The summed E-state index contributed by atoms with van der Waals surface area (Å²) in [5, 5.41) is 0.731. The first-order chi connectivity index (χ1) is 7.37. The summed E-state index contributed by atoms with van der Waals surface area (Å²) < 4.78 is 2.05. The Kier molecular flexibility index (Phi) is 2.68. The molecule has 0 saturated heterocycles. The summed E-state index contributed by atoms with van der Waals surface area (Å²) in [4.78, 5) is 4.56. The van der Waals surface area contributed by atoms with Crippen molar-refractivity contribution < 1.29 is 0 Å². The maximum Gasteiger partial charge on any atom is 0.111 e. The van der Waals surface area contributed by atoms with Gasteiger partial charge in [0.15, 0.2) is 0 Å². The number of nitrogens with two attached hydrogens (primary N) is 1. The highest BCUT2D eigenvalue weighted by molar-refractivity contribution is 6.31. The molecule has 0 aliphatic heterocycles. The predicted molar refractivity (Wildman–Crippen MR) is 67.7 cm³/mol. The number of rotatable bonds is 2. The minimum Gasteiger partial charge on any atom is -0.331 e. The number of halogens is 1. The molecule has 2 rings (SSSR count). The fourth-order valence-corrected chi connectivity index (χ4v) is 1.94. The molecule has 1 heterocycles. The van der Waals surface area contributed by atoms with Crippen LogP contribution < -0.4 is 5.73 Å². The summed E-state index contributed by atoms with van der Waals surface area (Å²) in [7, 11) is 1.99. The zero-order valence-corrected chi connectivity index (χ0v) is 10.5. The van der Waals surface area contributed by atoms with Crippen LogP contribution in [0.15, 0.2) is 18.2 Å². The van der Waals surface area contributed by atoms with Crippen LogP contribution in [-0.4, -0.2) is 15.1 Å². The van der Waals surface area contributed by atoms with Crippen LogP contribution in [0.2, 0.25) is 5.02 Å². The second kappa shape index (κ2) is 3.75. The highest BCUT2D eigenvalue weighted by Crippen LogP contribution is 2.21. The molecule has 2 aromatic rings. The van der Waals surface area contributed by atoms with Gasteiger partial charge >= 0.3 is 0 Å². The number of aromatic nitrogens is 2. The molecule has 16 heavy (non-hydrogen) atoms. The van der Waals surface area contributed by atoms with E-state index in [0.717, 1.165) is 28.3 Å². The first-order valence-electron chi connectivity index (χ1n) is 5.26. The lowest BCUT2D eigenvalue weighted by Crippen LogP contribution is -2.35. The molecular weight excluding hydrogens is 222 g/mol. The van der Waals surface area contributed by atoms with Gasteiger partial charge in [-0.15, -0.1) is 0 Å². The summed E-state index contributed by atoms with van der Waals surface area (Å²) in [6.45, 7) is 4.00. The maximum absolute atomic E-state index is 6.01. The molecule has 0 bridgehead atoms. The van der Waals surface area contributed by atoms with E-state index in [-0.39, 0.29) is 5.54 Å². The van der Waals surface area contributed by atoms with E-state index in [2.05, 4.69) is 9.55 Å². The molecule has 0 aliphatic carbocycles. The SMILES string of the molecule is Cn1c(CC(C)(C)N)nc2ccc(Cl)cc21. The zero-order chi connectivity index (χ0) is 11.9. The molecule has 1 aromatic carbocycles. The van der Waals surface area contributed by atoms with Crippen molar-refractivity contribution in [3.63, 3.8) is 0 Å². The molecule has 3 nitrogen and oxygen atoms in total. The summed E-state index contributed by atoms with van der Waals surface area (Å²) in [6.07, 6.45) is 0.746. The third-order valence-electron chi connectivity index (χ3n) is 2.55. The lowest BCUT2D eigenvalue weighted by Gasteiger charge is -2.17. The highest BCUT2D eigenvalue weighted by Gasteiger charge is 2.16. The molecular formula is C12H16ClN3. The Morgan fingerprint density at radius 1 is 1.44 bits per heavy atom. The fraction of sp³-hybridized carbons (Fsp3) is 0.417. The first kappa shape index (κ1) is 11.4. The van der Waals surface area contributed by atoms with Gasteiger partial charge in [-0.25, -0.2) is 4.98 Å². The van der Waals surface area contributed by atoms with E-state index in [1.54, 1.807) is 0 Å². The minimum atomic E-state index is -0.251. The van der Waals surface area contributed by atoms with Crippen molar-refractivity contribution in [2.24, 2.45) is 12.8 Å². The van der Waals surface area contributed by atoms with Crippen LogP contribution in [0.4, 0.5) is 0 Å². The van der Waals surface area contributed by atoms with Gasteiger partial charge in [0, 0.05) is 24.0 Å². The summed E-state index contributed by atoms with van der Waals surface area (Å²) in [6, 6.07) is 5.72. The average molecular weight is 238 g/mol. The van der Waals surface area contributed by atoms with E-state index in [9.17, 15) is 0 Å². The fourth-order valence-electron chi connectivity index (χ4n) is 1.78. The van der Waals surface area contributed by atoms with Gasteiger partial charge in [0.25, 0.3) is 0 Å². The number of benzene rings is 1. The molecule has 0 aliphatic rings. The van der Waals surface area contributed by atoms with Crippen molar-refractivity contribution in [1.29, 1.82) is 0 Å². The molecule has 0 unspecified atom stereocenters. The standard InChI is InChI=1S/C12H16ClN3/c1-12(2,14)7-11-15-9-5-4-8(13)6-10(9)16(11)3/h4-6H,7,14H2,1-3H3. The lowest BCUT2D eigenvalue weighted by molar-refractivity contribution is 0.495. The lowest BCUT2D eigenvalue weighted by atomic mass is 10.0.